The Hall–Kier alpha value is -3.82. The normalized spacial score (nSPS) is 11.5. The molecule has 2 heterocycles. The van der Waals surface area contributed by atoms with E-state index in [0.29, 0.717) is 43.5 Å². The van der Waals surface area contributed by atoms with Crippen molar-refractivity contribution in [3.05, 3.63) is 84.1 Å². The van der Waals surface area contributed by atoms with Crippen molar-refractivity contribution in [1.82, 2.24) is 15.0 Å². The van der Waals surface area contributed by atoms with Gasteiger partial charge in [-0.25, -0.2) is 24.0 Å². The minimum absolute atomic E-state index is 0.388. The van der Waals surface area contributed by atoms with Gasteiger partial charge in [-0.15, -0.1) is 0 Å². The van der Waals surface area contributed by atoms with Crippen LogP contribution in [-0.4, -0.2) is 32.2 Å². The summed E-state index contributed by atoms with van der Waals surface area (Å²) in [6, 6.07) is 18.4. The van der Waals surface area contributed by atoms with Gasteiger partial charge < -0.3 is 16.0 Å². The van der Waals surface area contributed by atoms with Crippen molar-refractivity contribution in [2.24, 2.45) is 0 Å². The van der Waals surface area contributed by atoms with Gasteiger partial charge >= 0.3 is 6.03 Å². The van der Waals surface area contributed by atoms with Gasteiger partial charge in [-0.3, -0.25) is 0 Å². The van der Waals surface area contributed by atoms with E-state index in [1.165, 1.54) is 0 Å². The van der Waals surface area contributed by atoms with Gasteiger partial charge in [0.1, 0.15) is 15.8 Å². The van der Waals surface area contributed by atoms with Crippen molar-refractivity contribution in [1.29, 1.82) is 0 Å². The van der Waals surface area contributed by atoms with Gasteiger partial charge in [-0.1, -0.05) is 11.6 Å². The molecule has 8 nitrogen and oxygen atoms in total. The highest BCUT2D eigenvalue weighted by molar-refractivity contribution is 7.85. The van der Waals surface area contributed by atoms with E-state index in [-0.39, 0.29) is 0 Å². The summed E-state index contributed by atoms with van der Waals surface area (Å²) in [6.45, 7) is 0. The van der Waals surface area contributed by atoms with Crippen molar-refractivity contribution < 1.29 is 9.00 Å². The second-order valence-electron chi connectivity index (χ2n) is 6.75. The molecule has 166 valence electrons. The van der Waals surface area contributed by atoms with Gasteiger partial charge in [0.15, 0.2) is 0 Å². The number of urea groups is 1. The number of carbonyl (C=O) groups is 1. The van der Waals surface area contributed by atoms with Gasteiger partial charge in [0, 0.05) is 46.3 Å². The van der Waals surface area contributed by atoms with Crippen molar-refractivity contribution in [3.63, 3.8) is 0 Å². The summed E-state index contributed by atoms with van der Waals surface area (Å²) < 4.78 is 13.3. The maximum absolute atomic E-state index is 13.3. The molecule has 33 heavy (non-hydrogen) atoms. The van der Waals surface area contributed by atoms with E-state index in [2.05, 4.69) is 30.9 Å². The zero-order valence-electron chi connectivity index (χ0n) is 17.4. The molecule has 0 aliphatic rings. The van der Waals surface area contributed by atoms with E-state index in [9.17, 15) is 9.00 Å². The predicted octanol–water partition coefficient (Wildman–Crippen LogP) is 5.04. The molecule has 2 aromatic heterocycles. The molecule has 4 aromatic rings. The van der Waals surface area contributed by atoms with Gasteiger partial charge in [0.25, 0.3) is 0 Å². The molecule has 1 atom stereocenters. The highest BCUT2D eigenvalue weighted by Gasteiger charge is 2.16. The van der Waals surface area contributed by atoms with E-state index in [0.717, 1.165) is 0 Å². The first-order chi connectivity index (χ1) is 16.0. The SMILES string of the molecule is CNc1nccc(-c2cccnc2S(=O)c2ccc(NC(=O)Nc3ccc(Cl)cc3)cc2)n1. The van der Waals surface area contributed by atoms with Crippen LogP contribution < -0.4 is 16.0 Å². The number of nitrogens with one attached hydrogen (secondary N) is 3. The van der Waals surface area contributed by atoms with Gasteiger partial charge in [-0.05, 0) is 66.7 Å². The van der Waals surface area contributed by atoms with Crippen LogP contribution in [0.4, 0.5) is 22.1 Å². The number of carbonyl (C=O) groups excluding carboxylic acids is 1. The number of hydrogen-bond donors (Lipinski definition) is 3. The van der Waals surface area contributed by atoms with Crippen LogP contribution in [0.2, 0.25) is 5.02 Å². The average molecular weight is 479 g/mol. The van der Waals surface area contributed by atoms with Crippen LogP contribution >= 0.6 is 11.6 Å². The molecule has 4 rings (SSSR count). The van der Waals surface area contributed by atoms with Crippen LogP contribution in [0.1, 0.15) is 0 Å². The number of rotatable bonds is 6. The summed E-state index contributed by atoms with van der Waals surface area (Å²) in [4.78, 5) is 25.6. The molecule has 3 N–H and O–H groups in total. The summed E-state index contributed by atoms with van der Waals surface area (Å²) in [7, 11) is 0.174. The lowest BCUT2D eigenvalue weighted by Crippen LogP contribution is -2.19. The second kappa shape index (κ2) is 10.2. The zero-order valence-corrected chi connectivity index (χ0v) is 19.0. The summed E-state index contributed by atoms with van der Waals surface area (Å²) in [5, 5.41) is 9.33. The van der Waals surface area contributed by atoms with Gasteiger partial charge in [0.05, 0.1) is 5.69 Å². The standard InChI is InChI=1S/C23H19ClN6O2S/c1-25-22-27-14-12-20(30-22)19-3-2-13-26-21(19)33(32)18-10-8-17(9-11-18)29-23(31)28-16-6-4-15(24)5-7-16/h2-14H,1H3,(H,25,27,30)(H2,28,29,31). The average Bonchev–Trinajstić information content (AvgIpc) is 2.85. The fourth-order valence-corrected chi connectivity index (χ4v) is 4.22. The van der Waals surface area contributed by atoms with Crippen LogP contribution in [0.15, 0.2) is 89.0 Å². The number of nitrogens with zero attached hydrogens (tertiary/aromatic N) is 3. The Labute approximate surface area is 197 Å². The number of aromatic nitrogens is 3. The summed E-state index contributed by atoms with van der Waals surface area (Å²) in [5.74, 6) is 0.459. The van der Waals surface area contributed by atoms with Crippen molar-refractivity contribution in [3.8, 4) is 11.3 Å². The lowest BCUT2D eigenvalue weighted by Gasteiger charge is -2.10. The van der Waals surface area contributed by atoms with Crippen molar-refractivity contribution in [2.45, 2.75) is 9.92 Å². The Morgan fingerprint density at radius 2 is 1.55 bits per heavy atom. The topological polar surface area (TPSA) is 109 Å². The first kappa shape index (κ1) is 22.4. The van der Waals surface area contributed by atoms with E-state index < -0.39 is 16.8 Å². The molecule has 0 saturated carbocycles. The zero-order chi connectivity index (χ0) is 23.2. The number of amides is 2. The van der Waals surface area contributed by atoms with Crippen LogP contribution in [0.3, 0.4) is 0 Å². The molecule has 0 saturated heterocycles. The molecule has 2 aromatic carbocycles. The third kappa shape index (κ3) is 5.51. The lowest BCUT2D eigenvalue weighted by atomic mass is 10.2. The fraction of sp³-hybridized carbons (Fsp3) is 0.0435. The Morgan fingerprint density at radius 3 is 2.21 bits per heavy atom. The molecule has 10 heteroatoms. The largest absolute Gasteiger partial charge is 0.357 e. The fourth-order valence-electron chi connectivity index (χ4n) is 2.96. The van der Waals surface area contributed by atoms with E-state index in [4.69, 9.17) is 11.6 Å². The molecular weight excluding hydrogens is 460 g/mol. The minimum Gasteiger partial charge on any atom is -0.357 e. The molecule has 0 fully saturated rings. The smallest absolute Gasteiger partial charge is 0.323 e. The Bertz CT molecular complexity index is 1300. The molecule has 0 spiro atoms. The van der Waals surface area contributed by atoms with Crippen LogP contribution in [-0.2, 0) is 10.8 Å². The van der Waals surface area contributed by atoms with Gasteiger partial charge in [0.2, 0.25) is 5.95 Å². The van der Waals surface area contributed by atoms with Crippen LogP contribution in [0.25, 0.3) is 11.3 Å². The third-order valence-corrected chi connectivity index (χ3v) is 6.16. The first-order valence-corrected chi connectivity index (χ1v) is 11.4. The van der Waals surface area contributed by atoms with E-state index >= 15 is 0 Å². The predicted molar refractivity (Wildman–Crippen MR) is 130 cm³/mol. The molecule has 0 aliphatic heterocycles. The highest BCUT2D eigenvalue weighted by Crippen LogP contribution is 2.27. The number of halogens is 1. The summed E-state index contributed by atoms with van der Waals surface area (Å²) in [6.07, 6.45) is 3.22. The summed E-state index contributed by atoms with van der Waals surface area (Å²) in [5.41, 5.74) is 2.43. The Balaban J connectivity index is 1.50. The molecule has 0 bridgehead atoms. The maximum atomic E-state index is 13.3. The molecule has 1 unspecified atom stereocenters. The number of hydrogen-bond acceptors (Lipinski definition) is 6. The quantitative estimate of drug-likeness (QED) is 0.358. The third-order valence-electron chi connectivity index (χ3n) is 4.53. The first-order valence-electron chi connectivity index (χ1n) is 9.85. The Morgan fingerprint density at radius 1 is 0.879 bits per heavy atom. The minimum atomic E-state index is -1.55. The van der Waals surface area contributed by atoms with E-state index in [1.807, 2.05) is 6.07 Å². The number of pyridine rings is 1. The van der Waals surface area contributed by atoms with Crippen molar-refractivity contribution >= 4 is 45.8 Å². The molecule has 0 radical (unpaired) electrons. The van der Waals surface area contributed by atoms with Crippen molar-refractivity contribution in [2.75, 3.05) is 23.0 Å². The molecular formula is C23H19ClN6O2S. The van der Waals surface area contributed by atoms with Crippen LogP contribution in [0, 0.1) is 0 Å². The number of benzene rings is 2. The molecule has 0 aliphatic carbocycles. The second-order valence-corrected chi connectivity index (χ2v) is 8.58. The van der Waals surface area contributed by atoms with E-state index in [1.54, 1.807) is 80.1 Å². The molecule has 2 amide bonds. The maximum Gasteiger partial charge on any atom is 0.323 e. The highest BCUT2D eigenvalue weighted by atomic mass is 35.5. The monoisotopic (exact) mass is 478 g/mol. The lowest BCUT2D eigenvalue weighted by molar-refractivity contribution is 0.262. The Kier molecular flexibility index (Phi) is 6.92. The van der Waals surface area contributed by atoms with Crippen LogP contribution in [0.5, 0.6) is 0 Å². The van der Waals surface area contributed by atoms with Gasteiger partial charge in [-0.2, -0.15) is 0 Å². The number of anilines is 3. The summed E-state index contributed by atoms with van der Waals surface area (Å²) >= 11 is 5.85.